The van der Waals surface area contributed by atoms with E-state index in [0.29, 0.717) is 5.82 Å². The Bertz CT molecular complexity index is 1290. The van der Waals surface area contributed by atoms with Gasteiger partial charge in [-0.15, -0.1) is 10.2 Å². The van der Waals surface area contributed by atoms with Gasteiger partial charge in [-0.1, -0.05) is 48.5 Å². The van der Waals surface area contributed by atoms with E-state index in [9.17, 15) is 4.79 Å². The summed E-state index contributed by atoms with van der Waals surface area (Å²) in [6, 6.07) is 22.9. The van der Waals surface area contributed by atoms with Gasteiger partial charge in [-0.2, -0.15) is 5.21 Å². The van der Waals surface area contributed by atoms with E-state index in [1.54, 1.807) is 0 Å². The Balaban J connectivity index is 1.84. The molecule has 0 bridgehead atoms. The lowest BCUT2D eigenvalue weighted by atomic mass is 10.1. The number of nitrogens with two attached hydrogens (primary N) is 1. The lowest BCUT2D eigenvalue weighted by molar-refractivity contribution is -0.119. The van der Waals surface area contributed by atoms with Crippen LogP contribution in [-0.4, -0.2) is 31.1 Å². The van der Waals surface area contributed by atoms with E-state index >= 15 is 0 Å². The molecule has 1 amide bonds. The van der Waals surface area contributed by atoms with E-state index in [1.165, 1.54) is 0 Å². The number of nitrogens with zero attached hydrogens (tertiary/aromatic N) is 4. The molecule has 2 aromatic heterocycles. The second-order valence-corrected chi connectivity index (χ2v) is 6.57. The molecule has 0 fully saturated rings. The van der Waals surface area contributed by atoms with Crippen molar-refractivity contribution >= 4 is 27.7 Å². The van der Waals surface area contributed by atoms with Gasteiger partial charge in [-0.25, -0.2) is 0 Å². The van der Waals surface area contributed by atoms with E-state index in [-0.39, 0.29) is 0 Å². The SMILES string of the molecule is NC(=O)C(c1ccccc1)n1c2ccccc2c2cc(-c3nn[nH]n3)ccc21. The minimum absolute atomic E-state index is 0.406. The van der Waals surface area contributed by atoms with Gasteiger partial charge in [0.2, 0.25) is 11.7 Å². The van der Waals surface area contributed by atoms with Gasteiger partial charge < -0.3 is 10.3 Å². The summed E-state index contributed by atoms with van der Waals surface area (Å²) < 4.78 is 2.00. The van der Waals surface area contributed by atoms with Crippen molar-refractivity contribution in [1.82, 2.24) is 25.2 Å². The standard InChI is InChI=1S/C21H16N6O/c22-20(28)19(13-6-2-1-3-7-13)27-17-9-5-4-8-15(17)16-12-14(10-11-18(16)27)21-23-25-26-24-21/h1-12,19H,(H2,22,28)(H,23,24,25,26). The molecule has 0 aliphatic carbocycles. The highest BCUT2D eigenvalue weighted by Crippen LogP contribution is 2.35. The van der Waals surface area contributed by atoms with Gasteiger partial charge in [0.1, 0.15) is 6.04 Å². The van der Waals surface area contributed by atoms with Crippen LogP contribution >= 0.6 is 0 Å². The summed E-state index contributed by atoms with van der Waals surface area (Å²) >= 11 is 0. The van der Waals surface area contributed by atoms with Crippen molar-refractivity contribution in [3.8, 4) is 11.4 Å². The molecule has 5 aromatic rings. The van der Waals surface area contributed by atoms with Crippen LogP contribution in [0.15, 0.2) is 72.8 Å². The van der Waals surface area contributed by atoms with Gasteiger partial charge in [-0.3, -0.25) is 4.79 Å². The Labute approximate surface area is 159 Å². The number of rotatable bonds is 4. The molecule has 0 aliphatic heterocycles. The number of primary amides is 1. The molecular formula is C21H16N6O. The van der Waals surface area contributed by atoms with Gasteiger partial charge in [-0.05, 0) is 35.0 Å². The zero-order valence-corrected chi connectivity index (χ0v) is 14.8. The highest BCUT2D eigenvalue weighted by Gasteiger charge is 2.24. The summed E-state index contributed by atoms with van der Waals surface area (Å²) in [4.78, 5) is 12.5. The summed E-state index contributed by atoms with van der Waals surface area (Å²) in [6.45, 7) is 0. The maximum atomic E-state index is 12.5. The molecule has 7 nitrogen and oxygen atoms in total. The number of hydrogen-bond donors (Lipinski definition) is 2. The average molecular weight is 368 g/mol. The number of para-hydroxylation sites is 1. The van der Waals surface area contributed by atoms with Gasteiger partial charge in [0, 0.05) is 16.3 Å². The Hall–Kier alpha value is -4.00. The number of tetrazole rings is 1. The van der Waals surface area contributed by atoms with Crippen LogP contribution in [0, 0.1) is 0 Å². The number of nitrogens with one attached hydrogen (secondary N) is 1. The van der Waals surface area contributed by atoms with Gasteiger partial charge >= 0.3 is 0 Å². The monoisotopic (exact) mass is 368 g/mol. The van der Waals surface area contributed by atoms with E-state index in [1.807, 2.05) is 77.4 Å². The molecule has 1 atom stereocenters. The predicted molar refractivity (Wildman–Crippen MR) is 106 cm³/mol. The summed E-state index contributed by atoms with van der Waals surface area (Å²) in [5.41, 5.74) is 9.41. The quantitative estimate of drug-likeness (QED) is 0.509. The molecule has 3 aromatic carbocycles. The highest BCUT2D eigenvalue weighted by molar-refractivity contribution is 6.10. The van der Waals surface area contributed by atoms with Crippen molar-refractivity contribution < 1.29 is 4.79 Å². The maximum Gasteiger partial charge on any atom is 0.245 e. The third-order valence-corrected chi connectivity index (χ3v) is 4.96. The number of benzene rings is 3. The second kappa shape index (κ2) is 6.31. The number of carbonyl (C=O) groups is 1. The smallest absolute Gasteiger partial charge is 0.245 e. The van der Waals surface area contributed by atoms with Gasteiger partial charge in [0.25, 0.3) is 0 Å². The van der Waals surface area contributed by atoms with Crippen LogP contribution in [0.3, 0.4) is 0 Å². The van der Waals surface area contributed by atoms with Crippen molar-refractivity contribution in [3.05, 3.63) is 78.4 Å². The molecule has 7 heteroatoms. The molecule has 5 rings (SSSR count). The average Bonchev–Trinajstić information content (AvgIpc) is 3.36. The molecule has 28 heavy (non-hydrogen) atoms. The molecule has 136 valence electrons. The van der Waals surface area contributed by atoms with E-state index in [0.717, 1.165) is 32.9 Å². The van der Waals surface area contributed by atoms with Crippen LogP contribution in [0.5, 0.6) is 0 Å². The first-order valence-electron chi connectivity index (χ1n) is 8.85. The lowest BCUT2D eigenvalue weighted by Gasteiger charge is -2.19. The minimum Gasteiger partial charge on any atom is -0.368 e. The normalized spacial score (nSPS) is 12.4. The molecule has 1 unspecified atom stereocenters. The van der Waals surface area contributed by atoms with Crippen LogP contribution in [-0.2, 0) is 4.79 Å². The molecule has 0 saturated carbocycles. The van der Waals surface area contributed by atoms with Crippen LogP contribution in [0.4, 0.5) is 0 Å². The molecule has 0 saturated heterocycles. The molecule has 0 spiro atoms. The number of amides is 1. The number of H-pyrrole nitrogens is 1. The Morgan fingerprint density at radius 2 is 1.68 bits per heavy atom. The second-order valence-electron chi connectivity index (χ2n) is 6.57. The topological polar surface area (TPSA) is 102 Å². The van der Waals surface area contributed by atoms with Gasteiger partial charge in [0.05, 0.1) is 11.0 Å². The van der Waals surface area contributed by atoms with Crippen molar-refractivity contribution in [2.45, 2.75) is 6.04 Å². The summed E-state index contributed by atoms with van der Waals surface area (Å²) in [5.74, 6) is 0.115. The predicted octanol–water partition coefficient (Wildman–Crippen LogP) is 3.05. The Kier molecular flexibility index (Phi) is 3.65. The van der Waals surface area contributed by atoms with Gasteiger partial charge in [0.15, 0.2) is 0 Å². The summed E-state index contributed by atoms with van der Waals surface area (Å²) in [6.07, 6.45) is 0. The van der Waals surface area contributed by atoms with Crippen molar-refractivity contribution in [1.29, 1.82) is 0 Å². The minimum atomic E-state index is -0.611. The molecule has 0 radical (unpaired) electrons. The van der Waals surface area contributed by atoms with Crippen LogP contribution < -0.4 is 5.73 Å². The first kappa shape index (κ1) is 16.2. The van der Waals surface area contributed by atoms with Crippen molar-refractivity contribution in [2.75, 3.05) is 0 Å². The molecular weight excluding hydrogens is 352 g/mol. The first-order valence-corrected chi connectivity index (χ1v) is 8.85. The largest absolute Gasteiger partial charge is 0.368 e. The van der Waals surface area contributed by atoms with E-state index < -0.39 is 11.9 Å². The number of fused-ring (bicyclic) bond motifs is 3. The zero-order valence-electron chi connectivity index (χ0n) is 14.8. The fourth-order valence-electron chi connectivity index (χ4n) is 3.78. The fourth-order valence-corrected chi connectivity index (χ4v) is 3.78. The third kappa shape index (κ3) is 2.44. The van der Waals surface area contributed by atoms with Crippen LogP contribution in [0.25, 0.3) is 33.2 Å². The zero-order chi connectivity index (χ0) is 19.1. The van der Waals surface area contributed by atoms with E-state index in [2.05, 4.69) is 20.6 Å². The maximum absolute atomic E-state index is 12.5. The Morgan fingerprint density at radius 1 is 0.929 bits per heavy atom. The number of hydrogen-bond acceptors (Lipinski definition) is 4. The number of aromatic amines is 1. The third-order valence-electron chi connectivity index (χ3n) is 4.96. The lowest BCUT2D eigenvalue weighted by Crippen LogP contribution is -2.27. The number of aromatic nitrogens is 5. The molecule has 2 heterocycles. The van der Waals surface area contributed by atoms with E-state index in [4.69, 9.17) is 5.73 Å². The Morgan fingerprint density at radius 3 is 2.43 bits per heavy atom. The van der Waals surface area contributed by atoms with Crippen LogP contribution in [0.2, 0.25) is 0 Å². The summed E-state index contributed by atoms with van der Waals surface area (Å²) in [7, 11) is 0. The first-order chi connectivity index (χ1) is 13.7. The molecule has 0 aliphatic rings. The number of carbonyl (C=O) groups excluding carboxylic acids is 1. The van der Waals surface area contributed by atoms with Crippen molar-refractivity contribution in [2.24, 2.45) is 5.73 Å². The molecule has 3 N–H and O–H groups in total. The highest BCUT2D eigenvalue weighted by atomic mass is 16.1. The van der Waals surface area contributed by atoms with Crippen LogP contribution in [0.1, 0.15) is 11.6 Å². The summed E-state index contributed by atoms with van der Waals surface area (Å²) in [5, 5.41) is 16.3. The van der Waals surface area contributed by atoms with Crippen molar-refractivity contribution in [3.63, 3.8) is 0 Å². The fraction of sp³-hybridized carbons (Fsp3) is 0.0476.